The van der Waals surface area contributed by atoms with Crippen LogP contribution >= 0.6 is 24.0 Å². The van der Waals surface area contributed by atoms with Crippen LogP contribution in [0.1, 0.15) is 31.7 Å². The van der Waals surface area contributed by atoms with Gasteiger partial charge in [-0.25, -0.2) is 0 Å². The van der Waals surface area contributed by atoms with Crippen LogP contribution in [0, 0.1) is 0 Å². The van der Waals surface area contributed by atoms with Crippen LogP contribution in [-0.2, 0) is 19.1 Å². The van der Waals surface area contributed by atoms with Crippen molar-refractivity contribution in [3.63, 3.8) is 0 Å². The molecule has 1 fully saturated rings. The average Bonchev–Trinajstić information content (AvgIpc) is 3.08. The summed E-state index contributed by atoms with van der Waals surface area (Å²) in [4.78, 5) is 40.5. The molecule has 2 aliphatic heterocycles. The zero-order chi connectivity index (χ0) is 19.6. The molecule has 2 aliphatic rings. The molecule has 0 bridgehead atoms. The molecule has 0 saturated carbocycles. The number of anilines is 1. The lowest BCUT2D eigenvalue weighted by Gasteiger charge is -2.14. The fourth-order valence-corrected chi connectivity index (χ4v) is 4.38. The lowest BCUT2D eigenvalue weighted by atomic mass is 10.1. The van der Waals surface area contributed by atoms with Crippen LogP contribution in [0.25, 0.3) is 5.57 Å². The molecule has 2 heterocycles. The zero-order valence-corrected chi connectivity index (χ0v) is 16.8. The summed E-state index contributed by atoms with van der Waals surface area (Å²) in [6.07, 6.45) is 1.47. The van der Waals surface area contributed by atoms with E-state index in [1.54, 1.807) is 11.9 Å². The van der Waals surface area contributed by atoms with Gasteiger partial charge in [0.1, 0.15) is 4.32 Å². The maximum atomic E-state index is 12.9. The van der Waals surface area contributed by atoms with Gasteiger partial charge in [0.2, 0.25) is 0 Å². The number of para-hydroxylation sites is 1. The first-order valence-corrected chi connectivity index (χ1v) is 9.99. The summed E-state index contributed by atoms with van der Waals surface area (Å²) >= 11 is 6.48. The number of nitrogens with zero attached hydrogens (tertiary/aromatic N) is 2. The van der Waals surface area contributed by atoms with Gasteiger partial charge in [-0.05, 0) is 18.9 Å². The highest BCUT2D eigenvalue weighted by atomic mass is 32.2. The highest BCUT2D eigenvalue weighted by Crippen LogP contribution is 2.43. The van der Waals surface area contributed by atoms with Gasteiger partial charge in [-0.2, -0.15) is 0 Å². The maximum absolute atomic E-state index is 12.9. The minimum atomic E-state index is -0.277. The summed E-state index contributed by atoms with van der Waals surface area (Å²) in [5.74, 6) is -0.762. The molecule has 0 spiro atoms. The third kappa shape index (κ3) is 3.77. The van der Waals surface area contributed by atoms with Crippen molar-refractivity contribution < 1.29 is 19.1 Å². The number of thioether (sulfide) groups is 1. The smallest absolute Gasteiger partial charge is 0.305 e. The van der Waals surface area contributed by atoms with Gasteiger partial charge in [0.15, 0.2) is 0 Å². The van der Waals surface area contributed by atoms with Crippen LogP contribution in [0.15, 0.2) is 29.2 Å². The Kier molecular flexibility index (Phi) is 5.96. The lowest BCUT2D eigenvalue weighted by molar-refractivity contribution is -0.144. The molecule has 1 saturated heterocycles. The Morgan fingerprint density at radius 1 is 1.22 bits per heavy atom. The third-order valence-electron chi connectivity index (χ3n) is 4.36. The van der Waals surface area contributed by atoms with Gasteiger partial charge in [-0.3, -0.25) is 19.3 Å². The maximum Gasteiger partial charge on any atom is 0.305 e. The minimum Gasteiger partial charge on any atom is -0.466 e. The molecule has 2 amide bonds. The molecular weight excluding hydrogens is 384 g/mol. The molecule has 0 atom stereocenters. The van der Waals surface area contributed by atoms with Crippen molar-refractivity contribution >= 4 is 57.3 Å². The van der Waals surface area contributed by atoms with Gasteiger partial charge in [0.05, 0.1) is 22.8 Å². The van der Waals surface area contributed by atoms with Crippen molar-refractivity contribution in [1.29, 1.82) is 0 Å². The molecule has 142 valence electrons. The van der Waals surface area contributed by atoms with Crippen molar-refractivity contribution in [1.82, 2.24) is 4.90 Å². The standard InChI is InChI=1S/C19H20N2O4S2/c1-3-11-25-14(22)9-6-10-21-18(24)16(27-19(21)26)15-12-7-4-5-8-13(12)20(2)17(15)23/h4-5,7-8H,3,6,9-11H2,1-2H3/b16-15-. The van der Waals surface area contributed by atoms with Gasteiger partial charge in [-0.15, -0.1) is 0 Å². The Balaban J connectivity index is 1.76. The largest absolute Gasteiger partial charge is 0.466 e. The number of esters is 1. The molecule has 0 N–H and O–H groups in total. The number of rotatable bonds is 6. The topological polar surface area (TPSA) is 66.9 Å². The van der Waals surface area contributed by atoms with E-state index in [-0.39, 0.29) is 24.2 Å². The van der Waals surface area contributed by atoms with Crippen LogP contribution in [-0.4, -0.2) is 47.2 Å². The molecule has 0 aromatic heterocycles. The SMILES string of the molecule is CCCOC(=O)CCCN1C(=O)/C(=C2/C(=O)N(C)c3ccccc32)SC1=S. The fraction of sp³-hybridized carbons (Fsp3) is 0.368. The summed E-state index contributed by atoms with van der Waals surface area (Å²) in [6.45, 7) is 2.66. The van der Waals surface area contributed by atoms with Crippen molar-refractivity contribution in [2.75, 3.05) is 25.1 Å². The molecule has 3 rings (SSSR count). The highest BCUT2D eigenvalue weighted by Gasteiger charge is 2.40. The Hall–Kier alpha value is -2.19. The normalized spacial score (nSPS) is 19.1. The van der Waals surface area contributed by atoms with E-state index in [2.05, 4.69) is 0 Å². The number of hydrogen-bond acceptors (Lipinski definition) is 6. The second-order valence-corrected chi connectivity index (χ2v) is 7.88. The van der Waals surface area contributed by atoms with Crippen LogP contribution < -0.4 is 4.90 Å². The van der Waals surface area contributed by atoms with Crippen molar-refractivity contribution in [3.05, 3.63) is 34.7 Å². The first-order chi connectivity index (χ1) is 13.0. The summed E-state index contributed by atoms with van der Waals surface area (Å²) in [7, 11) is 1.69. The first kappa shape index (κ1) is 19.6. The van der Waals surface area contributed by atoms with E-state index in [1.165, 1.54) is 4.90 Å². The monoisotopic (exact) mass is 404 g/mol. The van der Waals surface area contributed by atoms with Gasteiger partial charge in [0.25, 0.3) is 11.8 Å². The number of thiocarbonyl (C=S) groups is 1. The lowest BCUT2D eigenvalue weighted by Crippen LogP contribution is -2.30. The van der Waals surface area contributed by atoms with Crippen molar-refractivity contribution in [2.24, 2.45) is 0 Å². The molecule has 0 radical (unpaired) electrons. The van der Waals surface area contributed by atoms with E-state index in [4.69, 9.17) is 17.0 Å². The number of hydrogen-bond donors (Lipinski definition) is 0. The predicted molar refractivity (Wildman–Crippen MR) is 109 cm³/mol. The quantitative estimate of drug-likeness (QED) is 0.413. The molecule has 0 unspecified atom stereocenters. The number of ether oxygens (including phenoxy) is 1. The Labute approximate surface area is 167 Å². The minimum absolute atomic E-state index is 0.208. The van der Waals surface area contributed by atoms with Crippen molar-refractivity contribution in [2.45, 2.75) is 26.2 Å². The first-order valence-electron chi connectivity index (χ1n) is 8.76. The second kappa shape index (κ2) is 8.22. The second-order valence-electron chi connectivity index (χ2n) is 6.23. The van der Waals surface area contributed by atoms with E-state index in [9.17, 15) is 14.4 Å². The summed E-state index contributed by atoms with van der Waals surface area (Å²) in [5, 5.41) is 0. The predicted octanol–water partition coefficient (Wildman–Crippen LogP) is 2.97. The summed E-state index contributed by atoms with van der Waals surface area (Å²) < 4.78 is 5.44. The van der Waals surface area contributed by atoms with E-state index < -0.39 is 0 Å². The van der Waals surface area contributed by atoms with Gasteiger partial charge >= 0.3 is 5.97 Å². The van der Waals surface area contributed by atoms with E-state index in [0.29, 0.717) is 34.4 Å². The number of carbonyl (C=O) groups is 3. The number of fused-ring (bicyclic) bond motifs is 1. The summed E-state index contributed by atoms with van der Waals surface area (Å²) in [6, 6.07) is 7.38. The molecule has 0 aliphatic carbocycles. The molecule has 27 heavy (non-hydrogen) atoms. The summed E-state index contributed by atoms with van der Waals surface area (Å²) in [5.41, 5.74) is 1.92. The molecule has 8 heteroatoms. The van der Waals surface area contributed by atoms with E-state index in [0.717, 1.165) is 29.4 Å². The average molecular weight is 405 g/mol. The van der Waals surface area contributed by atoms with E-state index in [1.807, 2.05) is 31.2 Å². The number of amides is 2. The van der Waals surface area contributed by atoms with Gasteiger partial charge in [0, 0.05) is 25.6 Å². The number of carbonyl (C=O) groups excluding carboxylic acids is 3. The molecular formula is C19H20N2O4S2. The van der Waals surface area contributed by atoms with Crippen LogP contribution in [0.4, 0.5) is 5.69 Å². The highest BCUT2D eigenvalue weighted by molar-refractivity contribution is 8.26. The van der Waals surface area contributed by atoms with Crippen LogP contribution in [0.3, 0.4) is 0 Å². The third-order valence-corrected chi connectivity index (χ3v) is 5.81. The fourth-order valence-electron chi connectivity index (χ4n) is 3.00. The zero-order valence-electron chi connectivity index (χ0n) is 15.2. The molecule has 1 aromatic rings. The number of likely N-dealkylation sites (N-methyl/N-ethyl adjacent to an activating group) is 1. The molecule has 6 nitrogen and oxygen atoms in total. The molecule has 1 aromatic carbocycles. The Morgan fingerprint density at radius 3 is 2.70 bits per heavy atom. The van der Waals surface area contributed by atoms with E-state index >= 15 is 0 Å². The van der Waals surface area contributed by atoms with Crippen LogP contribution in [0.2, 0.25) is 0 Å². The Bertz CT molecular complexity index is 850. The van der Waals surface area contributed by atoms with Crippen LogP contribution in [0.5, 0.6) is 0 Å². The van der Waals surface area contributed by atoms with Gasteiger partial charge < -0.3 is 9.64 Å². The number of benzene rings is 1. The Morgan fingerprint density at radius 2 is 1.96 bits per heavy atom. The van der Waals surface area contributed by atoms with Crippen molar-refractivity contribution in [3.8, 4) is 0 Å². The van der Waals surface area contributed by atoms with Gasteiger partial charge in [-0.1, -0.05) is 49.1 Å².